The molecule has 1 atom stereocenters. The molecule has 0 saturated heterocycles. The molecule has 3 N–H and O–H groups in total. The van der Waals surface area contributed by atoms with Crippen molar-refractivity contribution in [2.45, 2.75) is 44.4 Å². The molecule has 0 fully saturated rings. The first-order valence-corrected chi connectivity index (χ1v) is 9.73. The summed E-state index contributed by atoms with van der Waals surface area (Å²) in [6.45, 7) is 7.99. The Hall–Kier alpha value is -0.0800. The Balaban J connectivity index is 2.38. The van der Waals surface area contributed by atoms with Crippen LogP contribution in [0.4, 0.5) is 10.1 Å². The minimum absolute atomic E-state index is 0.0612. The molecular weight excluding hydrogens is 301 g/mol. The molecule has 1 aliphatic heterocycles. The Bertz CT molecular complexity index is 500. The molecule has 0 aliphatic carbocycles. The second kappa shape index (κ2) is 5.04. The Labute approximate surface area is 125 Å². The summed E-state index contributed by atoms with van der Waals surface area (Å²) in [5, 5.41) is 6.71. The zero-order valence-electron chi connectivity index (χ0n) is 11.4. The predicted octanol–water partition coefficient (Wildman–Crippen LogP) is 3.59. The highest BCUT2D eigenvalue weighted by Crippen LogP contribution is 2.65. The maximum atomic E-state index is 13.7. The van der Waals surface area contributed by atoms with Gasteiger partial charge in [-0.1, -0.05) is 8.28 Å². The zero-order valence-corrected chi connectivity index (χ0v) is 14.0. The maximum Gasteiger partial charge on any atom is 0.142 e. The van der Waals surface area contributed by atoms with Crippen LogP contribution in [0.1, 0.15) is 26.3 Å². The van der Waals surface area contributed by atoms with Crippen molar-refractivity contribution in [3.05, 3.63) is 23.5 Å². The average molecular weight is 322 g/mol. The molecule has 108 valence electrons. The van der Waals surface area contributed by atoms with Gasteiger partial charge in [-0.2, -0.15) is 0 Å². The molecule has 3 nitrogen and oxygen atoms in total. The summed E-state index contributed by atoms with van der Waals surface area (Å²) < 4.78 is 17.0. The van der Waals surface area contributed by atoms with Crippen LogP contribution in [0, 0.1) is 12.7 Å². The first-order valence-electron chi connectivity index (χ1n) is 5.99. The zero-order chi connectivity index (χ0) is 14.4. The van der Waals surface area contributed by atoms with E-state index in [0.717, 1.165) is 10.6 Å². The number of benzene rings is 1. The van der Waals surface area contributed by atoms with Gasteiger partial charge >= 0.3 is 0 Å². The van der Waals surface area contributed by atoms with Gasteiger partial charge in [0, 0.05) is 11.1 Å². The van der Waals surface area contributed by atoms with E-state index in [2.05, 4.69) is 59.4 Å². The van der Waals surface area contributed by atoms with Gasteiger partial charge in [0.1, 0.15) is 12.1 Å². The molecule has 19 heavy (non-hydrogen) atoms. The number of rotatable bonds is 1. The van der Waals surface area contributed by atoms with E-state index in [1.54, 1.807) is 13.0 Å². The summed E-state index contributed by atoms with van der Waals surface area (Å²) in [5.74, 6) is -0.232. The third-order valence-electron chi connectivity index (χ3n) is 2.78. The standard InChI is InChI=1S/C12H20FN3S3/c1-7-8(13)5-6-9-10(7)19(17,18)16-11(14-9)15-12(2,3)4/h5-6,11,14-18H,1-4H3. The fourth-order valence-electron chi connectivity index (χ4n) is 2.05. The fourth-order valence-corrected chi connectivity index (χ4v) is 5.62. The van der Waals surface area contributed by atoms with Crippen LogP contribution < -0.4 is 15.4 Å². The lowest BCUT2D eigenvalue weighted by Gasteiger charge is -2.44. The van der Waals surface area contributed by atoms with Gasteiger partial charge in [-0.05, 0) is 39.8 Å². The average Bonchev–Trinajstić information content (AvgIpc) is 2.19. The molecule has 0 spiro atoms. The summed E-state index contributed by atoms with van der Waals surface area (Å²) in [7, 11) is -1.84. The van der Waals surface area contributed by atoms with Gasteiger partial charge in [0.2, 0.25) is 0 Å². The number of anilines is 1. The lowest BCUT2D eigenvalue weighted by Crippen LogP contribution is -2.56. The van der Waals surface area contributed by atoms with E-state index in [1.165, 1.54) is 6.07 Å². The van der Waals surface area contributed by atoms with Gasteiger partial charge in [-0.3, -0.25) is 5.32 Å². The number of nitrogens with one attached hydrogen (secondary N) is 3. The predicted molar refractivity (Wildman–Crippen MR) is 88.4 cm³/mol. The second-order valence-corrected chi connectivity index (χ2v) is 11.6. The van der Waals surface area contributed by atoms with Crippen LogP contribution in [-0.2, 0) is 0 Å². The smallest absolute Gasteiger partial charge is 0.142 e. The van der Waals surface area contributed by atoms with Crippen LogP contribution in [0.25, 0.3) is 0 Å². The number of hydrogen-bond acceptors (Lipinski definition) is 5. The van der Waals surface area contributed by atoms with E-state index in [1.807, 2.05) is 0 Å². The Morgan fingerprint density at radius 1 is 1.32 bits per heavy atom. The molecular formula is C12H20FN3S3. The van der Waals surface area contributed by atoms with Crippen molar-refractivity contribution in [2.24, 2.45) is 0 Å². The van der Waals surface area contributed by atoms with Crippen molar-refractivity contribution in [3.63, 3.8) is 0 Å². The molecule has 1 heterocycles. The first kappa shape index (κ1) is 15.3. The van der Waals surface area contributed by atoms with Gasteiger partial charge in [0.05, 0.1) is 10.6 Å². The molecule has 7 heteroatoms. The quantitative estimate of drug-likeness (QED) is 0.405. The lowest BCUT2D eigenvalue weighted by molar-refractivity contribution is 0.369. The molecule has 0 aromatic heterocycles. The summed E-state index contributed by atoms with van der Waals surface area (Å²) in [4.78, 5) is 0.811. The molecule has 1 aliphatic rings. The van der Waals surface area contributed by atoms with Gasteiger partial charge < -0.3 is 5.32 Å². The Morgan fingerprint density at radius 2 is 1.95 bits per heavy atom. The van der Waals surface area contributed by atoms with Crippen molar-refractivity contribution in [1.82, 2.24) is 10.0 Å². The number of fused-ring (bicyclic) bond motifs is 1. The summed E-state index contributed by atoms with van der Waals surface area (Å²) in [5.41, 5.74) is 1.40. The van der Waals surface area contributed by atoms with Gasteiger partial charge in [-0.25, -0.2) is 9.11 Å². The Kier molecular flexibility index (Phi) is 4.06. The van der Waals surface area contributed by atoms with E-state index in [-0.39, 0.29) is 17.6 Å². The molecule has 0 amide bonds. The van der Waals surface area contributed by atoms with Crippen LogP contribution in [0.3, 0.4) is 0 Å². The highest BCUT2D eigenvalue weighted by molar-refractivity contribution is 9.17. The largest absolute Gasteiger partial charge is 0.356 e. The molecule has 2 rings (SSSR count). The van der Waals surface area contributed by atoms with E-state index < -0.39 is 8.28 Å². The highest BCUT2D eigenvalue weighted by Gasteiger charge is 2.33. The van der Waals surface area contributed by atoms with E-state index in [0.29, 0.717) is 5.56 Å². The molecule has 0 radical (unpaired) electrons. The van der Waals surface area contributed by atoms with Gasteiger partial charge in [0.15, 0.2) is 0 Å². The molecule has 0 bridgehead atoms. The van der Waals surface area contributed by atoms with Crippen LogP contribution in [0.5, 0.6) is 0 Å². The van der Waals surface area contributed by atoms with Gasteiger partial charge in [-0.15, -0.1) is 23.3 Å². The van der Waals surface area contributed by atoms with E-state index >= 15 is 0 Å². The number of hydrogen-bond donors (Lipinski definition) is 5. The number of halogens is 1. The molecule has 0 saturated carbocycles. The summed E-state index contributed by atoms with van der Waals surface area (Å²) in [6, 6.07) is 3.21. The fraction of sp³-hybridized carbons (Fsp3) is 0.500. The highest BCUT2D eigenvalue weighted by atomic mass is 33.5. The SMILES string of the molecule is Cc1c(F)ccc2c1S(S)(S)NC(NC(C)(C)C)N2. The number of thiol groups is 2. The van der Waals surface area contributed by atoms with Crippen molar-refractivity contribution >= 4 is 37.3 Å². The van der Waals surface area contributed by atoms with Crippen molar-refractivity contribution in [2.75, 3.05) is 5.32 Å². The summed E-state index contributed by atoms with van der Waals surface area (Å²) >= 11 is 9.23. The van der Waals surface area contributed by atoms with E-state index in [4.69, 9.17) is 0 Å². The third kappa shape index (κ3) is 3.33. The van der Waals surface area contributed by atoms with Crippen LogP contribution in [0.2, 0.25) is 0 Å². The first-order chi connectivity index (χ1) is 8.60. The van der Waals surface area contributed by atoms with Crippen molar-refractivity contribution in [3.8, 4) is 0 Å². The van der Waals surface area contributed by atoms with E-state index in [9.17, 15) is 4.39 Å². The van der Waals surface area contributed by atoms with Crippen LogP contribution in [0.15, 0.2) is 17.0 Å². The minimum atomic E-state index is -1.84. The molecule has 1 unspecified atom stereocenters. The normalized spacial score (nSPS) is 23.4. The van der Waals surface area contributed by atoms with Crippen molar-refractivity contribution < 1.29 is 4.39 Å². The summed E-state index contributed by atoms with van der Waals surface area (Å²) in [6.07, 6.45) is -0.151. The van der Waals surface area contributed by atoms with Crippen LogP contribution in [-0.4, -0.2) is 11.8 Å². The van der Waals surface area contributed by atoms with Crippen molar-refractivity contribution in [1.29, 1.82) is 0 Å². The topological polar surface area (TPSA) is 36.1 Å². The minimum Gasteiger partial charge on any atom is -0.356 e. The molecule has 1 aromatic rings. The molecule has 1 aromatic carbocycles. The lowest BCUT2D eigenvalue weighted by atomic mass is 10.1. The Morgan fingerprint density at radius 3 is 2.53 bits per heavy atom. The monoisotopic (exact) mass is 321 g/mol. The maximum absolute atomic E-state index is 13.7. The van der Waals surface area contributed by atoms with Gasteiger partial charge in [0.25, 0.3) is 0 Å². The second-order valence-electron chi connectivity index (χ2n) is 5.69. The van der Waals surface area contributed by atoms with Crippen LogP contribution >= 0.6 is 31.6 Å². The third-order valence-corrected chi connectivity index (χ3v) is 6.17.